The Morgan fingerprint density at radius 1 is 1.04 bits per heavy atom. The number of nitrogens with zero attached hydrogens (tertiary/aromatic N) is 3. The smallest absolute Gasteiger partial charge is 0.142 e. The minimum atomic E-state index is 0.144. The highest BCUT2D eigenvalue weighted by Crippen LogP contribution is 2.22. The van der Waals surface area contributed by atoms with Gasteiger partial charge < -0.3 is 10.4 Å². The van der Waals surface area contributed by atoms with Gasteiger partial charge in [0, 0.05) is 48.9 Å². The van der Waals surface area contributed by atoms with Crippen LogP contribution in [-0.2, 0) is 13.0 Å². The zero-order valence-corrected chi connectivity index (χ0v) is 14.1. The number of aliphatic hydroxyl groups is 1. The molecular formula is C18H20N4OS. The molecule has 24 heavy (non-hydrogen) atoms. The van der Waals surface area contributed by atoms with Crippen LogP contribution in [0, 0.1) is 5.92 Å². The molecule has 5 nitrogen and oxygen atoms in total. The van der Waals surface area contributed by atoms with Crippen LogP contribution < -0.4 is 5.32 Å². The molecule has 0 aliphatic heterocycles. The van der Waals surface area contributed by atoms with E-state index in [9.17, 15) is 5.11 Å². The van der Waals surface area contributed by atoms with Gasteiger partial charge in [-0.1, -0.05) is 12.1 Å². The van der Waals surface area contributed by atoms with Crippen molar-refractivity contribution in [3.63, 3.8) is 0 Å². The van der Waals surface area contributed by atoms with Crippen molar-refractivity contribution < 1.29 is 5.11 Å². The SMILES string of the molecule is OCC(CNCc1cnc(-c2ccccn2)s1)Cc1ccccn1. The van der Waals surface area contributed by atoms with E-state index in [1.165, 1.54) is 0 Å². The maximum Gasteiger partial charge on any atom is 0.142 e. The quantitative estimate of drug-likeness (QED) is 0.659. The lowest BCUT2D eigenvalue weighted by Crippen LogP contribution is -2.26. The molecule has 0 aromatic carbocycles. The number of hydrogen-bond acceptors (Lipinski definition) is 6. The van der Waals surface area contributed by atoms with Crippen LogP contribution in [0.5, 0.6) is 0 Å². The van der Waals surface area contributed by atoms with Gasteiger partial charge in [-0.3, -0.25) is 9.97 Å². The van der Waals surface area contributed by atoms with Gasteiger partial charge in [0.05, 0.1) is 5.69 Å². The minimum absolute atomic E-state index is 0.144. The average Bonchev–Trinajstić information content (AvgIpc) is 3.11. The highest BCUT2D eigenvalue weighted by molar-refractivity contribution is 7.14. The fourth-order valence-corrected chi connectivity index (χ4v) is 3.27. The zero-order valence-electron chi connectivity index (χ0n) is 13.3. The molecule has 0 bridgehead atoms. The average molecular weight is 340 g/mol. The third kappa shape index (κ3) is 4.67. The van der Waals surface area contributed by atoms with Crippen LogP contribution in [0.2, 0.25) is 0 Å². The van der Waals surface area contributed by atoms with Gasteiger partial charge in [0.25, 0.3) is 0 Å². The molecule has 3 aromatic rings. The molecule has 3 aromatic heterocycles. The van der Waals surface area contributed by atoms with Crippen molar-refractivity contribution in [2.75, 3.05) is 13.2 Å². The van der Waals surface area contributed by atoms with E-state index < -0.39 is 0 Å². The summed E-state index contributed by atoms with van der Waals surface area (Å²) in [7, 11) is 0. The van der Waals surface area contributed by atoms with E-state index in [4.69, 9.17) is 0 Å². The Balaban J connectivity index is 1.50. The summed E-state index contributed by atoms with van der Waals surface area (Å²) in [5, 5.41) is 13.9. The molecule has 0 aliphatic carbocycles. The molecule has 0 radical (unpaired) electrons. The maximum absolute atomic E-state index is 9.55. The molecular weight excluding hydrogens is 320 g/mol. The van der Waals surface area contributed by atoms with Crippen LogP contribution in [0.3, 0.4) is 0 Å². The molecule has 2 N–H and O–H groups in total. The van der Waals surface area contributed by atoms with Gasteiger partial charge in [-0.2, -0.15) is 0 Å². The van der Waals surface area contributed by atoms with Crippen LogP contribution in [0.25, 0.3) is 10.7 Å². The molecule has 0 fully saturated rings. The molecule has 0 amide bonds. The second kappa shape index (κ2) is 8.63. The van der Waals surface area contributed by atoms with E-state index in [1.807, 2.05) is 42.6 Å². The Labute approximate surface area is 145 Å². The fraction of sp³-hybridized carbons (Fsp3) is 0.278. The Morgan fingerprint density at radius 3 is 2.58 bits per heavy atom. The summed E-state index contributed by atoms with van der Waals surface area (Å²) in [6.07, 6.45) is 6.21. The lowest BCUT2D eigenvalue weighted by atomic mass is 10.0. The van der Waals surface area contributed by atoms with Gasteiger partial charge in [-0.05, 0) is 36.6 Å². The molecule has 3 heterocycles. The van der Waals surface area contributed by atoms with Crippen molar-refractivity contribution in [1.29, 1.82) is 0 Å². The molecule has 0 saturated carbocycles. The Kier molecular flexibility index (Phi) is 6.01. The number of hydrogen-bond donors (Lipinski definition) is 2. The number of nitrogens with one attached hydrogen (secondary N) is 1. The predicted molar refractivity (Wildman–Crippen MR) is 95.6 cm³/mol. The van der Waals surface area contributed by atoms with Crippen LogP contribution in [-0.4, -0.2) is 33.2 Å². The molecule has 1 atom stereocenters. The van der Waals surface area contributed by atoms with Crippen molar-refractivity contribution in [3.8, 4) is 10.7 Å². The van der Waals surface area contributed by atoms with Crippen molar-refractivity contribution >= 4 is 11.3 Å². The highest BCUT2D eigenvalue weighted by atomic mass is 32.1. The van der Waals surface area contributed by atoms with Crippen molar-refractivity contribution in [2.24, 2.45) is 5.92 Å². The lowest BCUT2D eigenvalue weighted by molar-refractivity contribution is 0.221. The van der Waals surface area contributed by atoms with E-state index in [0.717, 1.165) is 40.8 Å². The first-order valence-corrected chi connectivity index (χ1v) is 8.74. The second-order valence-corrected chi connectivity index (χ2v) is 6.67. The van der Waals surface area contributed by atoms with Gasteiger partial charge in [0.2, 0.25) is 0 Å². The van der Waals surface area contributed by atoms with Crippen molar-refractivity contribution in [3.05, 3.63) is 65.6 Å². The molecule has 124 valence electrons. The Morgan fingerprint density at radius 2 is 1.88 bits per heavy atom. The number of rotatable bonds is 8. The van der Waals surface area contributed by atoms with Gasteiger partial charge in [-0.15, -0.1) is 11.3 Å². The number of aromatic nitrogens is 3. The summed E-state index contributed by atoms with van der Waals surface area (Å²) < 4.78 is 0. The third-order valence-electron chi connectivity index (χ3n) is 3.65. The van der Waals surface area contributed by atoms with Gasteiger partial charge in [0.15, 0.2) is 0 Å². The Bertz CT molecular complexity index is 733. The summed E-state index contributed by atoms with van der Waals surface area (Å²) >= 11 is 1.64. The van der Waals surface area contributed by atoms with E-state index in [-0.39, 0.29) is 12.5 Å². The summed E-state index contributed by atoms with van der Waals surface area (Å²) in [6, 6.07) is 11.7. The number of pyridine rings is 2. The molecule has 1 unspecified atom stereocenters. The third-order valence-corrected chi connectivity index (χ3v) is 4.67. The first kappa shape index (κ1) is 16.7. The standard InChI is InChI=1S/C18H20N4OS/c23-13-14(9-15-5-1-3-7-20-15)10-19-11-16-12-22-18(24-16)17-6-2-4-8-21-17/h1-8,12,14,19,23H,9-11,13H2. The first-order valence-electron chi connectivity index (χ1n) is 7.92. The molecule has 0 aliphatic rings. The van der Waals surface area contributed by atoms with Crippen LogP contribution in [0.4, 0.5) is 0 Å². The number of aliphatic hydroxyl groups excluding tert-OH is 1. The van der Waals surface area contributed by atoms with Gasteiger partial charge in [-0.25, -0.2) is 4.98 Å². The maximum atomic E-state index is 9.55. The molecule has 0 saturated heterocycles. The summed E-state index contributed by atoms with van der Waals surface area (Å²) in [5.74, 6) is 0.156. The zero-order chi connectivity index (χ0) is 16.6. The number of thiazole rings is 1. The fourth-order valence-electron chi connectivity index (χ4n) is 2.41. The highest BCUT2D eigenvalue weighted by Gasteiger charge is 2.10. The predicted octanol–water partition coefficient (Wildman–Crippen LogP) is 2.54. The first-order chi connectivity index (χ1) is 11.8. The van der Waals surface area contributed by atoms with E-state index in [0.29, 0.717) is 0 Å². The van der Waals surface area contributed by atoms with E-state index >= 15 is 0 Å². The molecule has 0 spiro atoms. The summed E-state index contributed by atoms with van der Waals surface area (Å²) in [6.45, 7) is 1.62. The normalized spacial score (nSPS) is 12.2. The largest absolute Gasteiger partial charge is 0.396 e. The summed E-state index contributed by atoms with van der Waals surface area (Å²) in [4.78, 5) is 14.2. The summed E-state index contributed by atoms with van der Waals surface area (Å²) in [5.41, 5.74) is 1.91. The lowest BCUT2D eigenvalue weighted by Gasteiger charge is -2.14. The van der Waals surface area contributed by atoms with Crippen LogP contribution in [0.1, 0.15) is 10.6 Å². The molecule has 3 rings (SSSR count). The van der Waals surface area contributed by atoms with Crippen LogP contribution >= 0.6 is 11.3 Å². The second-order valence-electron chi connectivity index (χ2n) is 5.55. The van der Waals surface area contributed by atoms with Gasteiger partial charge in [0.1, 0.15) is 5.01 Å². The Hall–Kier alpha value is -2.15. The monoisotopic (exact) mass is 340 g/mol. The topological polar surface area (TPSA) is 70.9 Å². The van der Waals surface area contributed by atoms with E-state index in [1.54, 1.807) is 23.7 Å². The van der Waals surface area contributed by atoms with Crippen molar-refractivity contribution in [1.82, 2.24) is 20.3 Å². The minimum Gasteiger partial charge on any atom is -0.396 e. The van der Waals surface area contributed by atoms with Crippen molar-refractivity contribution in [2.45, 2.75) is 13.0 Å². The van der Waals surface area contributed by atoms with E-state index in [2.05, 4.69) is 20.3 Å². The van der Waals surface area contributed by atoms with Gasteiger partial charge >= 0.3 is 0 Å². The van der Waals surface area contributed by atoms with Crippen LogP contribution in [0.15, 0.2) is 55.0 Å². The molecule has 6 heteroatoms.